The fourth-order valence-corrected chi connectivity index (χ4v) is 9.74. The van der Waals surface area contributed by atoms with Crippen LogP contribution in [0.3, 0.4) is 0 Å². The van der Waals surface area contributed by atoms with Crippen molar-refractivity contribution in [2.75, 3.05) is 47.6 Å². The van der Waals surface area contributed by atoms with Crippen molar-refractivity contribution in [3.8, 4) is 39.4 Å². The maximum atomic E-state index is 14.1. The second-order valence-corrected chi connectivity index (χ2v) is 16.9. The van der Waals surface area contributed by atoms with Gasteiger partial charge in [-0.2, -0.15) is 0 Å². The van der Waals surface area contributed by atoms with Crippen LogP contribution in [0.5, 0.6) is 5.75 Å². The predicted molar refractivity (Wildman–Crippen MR) is 235 cm³/mol. The molecule has 4 aliphatic rings. The van der Waals surface area contributed by atoms with Crippen LogP contribution in [0.25, 0.3) is 44.4 Å². The average molecular weight is 875 g/mol. The molecule has 0 saturated carbocycles. The molecule has 9 rings (SSSR count). The van der Waals surface area contributed by atoms with E-state index in [-0.39, 0.29) is 29.8 Å². The number of alkyl carbamates (subject to hydrolysis) is 2. The number of aromatic amines is 2. The number of carbonyl (C=O) groups excluding carboxylic acids is 4. The highest BCUT2D eigenvalue weighted by Gasteiger charge is 2.41. The number of hydrogen-bond acceptors (Lipinski definition) is 11. The molecule has 0 spiro atoms. The third-order valence-electron chi connectivity index (χ3n) is 13.3. The Hall–Kier alpha value is -6.46. The van der Waals surface area contributed by atoms with E-state index in [4.69, 9.17) is 33.7 Å². The number of nitrogens with one attached hydrogen (secondary N) is 4. The Kier molecular flexibility index (Phi) is 12.3. The number of benzene rings is 3. The number of likely N-dealkylation sites (tertiary alicyclic amines) is 2. The van der Waals surface area contributed by atoms with Crippen LogP contribution in [0.15, 0.2) is 60.9 Å². The first-order valence-electron chi connectivity index (χ1n) is 22.0. The maximum Gasteiger partial charge on any atom is 0.407 e. The number of hydrogen-bond donors (Lipinski definition) is 4. The molecule has 3 fully saturated rings. The number of H-pyrrole nitrogens is 2. The number of fused-ring (bicyclic) bond motifs is 5. The zero-order valence-electron chi connectivity index (χ0n) is 36.5. The van der Waals surface area contributed by atoms with E-state index in [2.05, 4.69) is 63.1 Å². The van der Waals surface area contributed by atoms with Crippen molar-refractivity contribution < 1.29 is 42.9 Å². The summed E-state index contributed by atoms with van der Waals surface area (Å²) in [7, 11) is 4.07. The van der Waals surface area contributed by atoms with E-state index in [0.29, 0.717) is 57.4 Å². The Morgan fingerprint density at radius 2 is 1.36 bits per heavy atom. The number of ether oxygens (including phenoxy) is 5. The van der Waals surface area contributed by atoms with E-state index in [1.807, 2.05) is 17.2 Å². The minimum Gasteiger partial charge on any atom is -0.488 e. The molecule has 336 valence electrons. The lowest BCUT2D eigenvalue weighted by molar-refractivity contribution is -0.138. The van der Waals surface area contributed by atoms with Crippen molar-refractivity contribution in [2.24, 2.45) is 5.92 Å². The summed E-state index contributed by atoms with van der Waals surface area (Å²) in [6, 6.07) is 14.6. The molecule has 4 amide bonds. The predicted octanol–water partition coefficient (Wildman–Crippen LogP) is 6.42. The zero-order chi connectivity index (χ0) is 44.5. The molecule has 4 N–H and O–H groups in total. The lowest BCUT2D eigenvalue weighted by Crippen LogP contribution is -2.54. The van der Waals surface area contributed by atoms with E-state index >= 15 is 0 Å². The standard InChI is InChI=1S/C47H54N8O9/c1-26(60-2)39(52-46(58)61-3)44(56)54-17-5-7-37(54)42-48-23-35(50-42)29-11-13-33-28(21-29)9-14-34-32-12-10-30(22-31(32)25-64-41(33)34)36-24-49-43(51-36)38-8-6-18-55(38)45(57)40(53-47(59)62-4)27-15-19-63-20-16-27/h9-14,21-24,26-27,37-40H,5-8,15-20,25H2,1-4H3,(H,48,50)(H,49,51)(H,52,58)(H,53,59)/t26-,37+,38+,39?,40+/m1/s1. The minimum atomic E-state index is -0.908. The Morgan fingerprint density at radius 3 is 2.02 bits per heavy atom. The van der Waals surface area contributed by atoms with Crippen LogP contribution >= 0.6 is 0 Å². The van der Waals surface area contributed by atoms with Gasteiger partial charge in [0.15, 0.2) is 0 Å². The van der Waals surface area contributed by atoms with Gasteiger partial charge in [0, 0.05) is 49.9 Å². The van der Waals surface area contributed by atoms with Crippen LogP contribution in [0.4, 0.5) is 9.59 Å². The van der Waals surface area contributed by atoms with Crippen molar-refractivity contribution in [2.45, 2.75) is 82.3 Å². The highest BCUT2D eigenvalue weighted by Crippen LogP contribution is 2.44. The van der Waals surface area contributed by atoms with Crippen molar-refractivity contribution >= 4 is 34.8 Å². The van der Waals surface area contributed by atoms with E-state index < -0.39 is 30.4 Å². The molecule has 5 aromatic rings. The van der Waals surface area contributed by atoms with Crippen LogP contribution in [0.2, 0.25) is 0 Å². The van der Waals surface area contributed by atoms with Crippen molar-refractivity contribution in [1.29, 1.82) is 0 Å². The summed E-state index contributed by atoms with van der Waals surface area (Å²) >= 11 is 0. The number of methoxy groups -OCH3 is 3. The van der Waals surface area contributed by atoms with Crippen LogP contribution in [0.1, 0.15) is 74.7 Å². The first kappa shape index (κ1) is 42.8. The Balaban J connectivity index is 0.905. The van der Waals surface area contributed by atoms with E-state index in [9.17, 15) is 19.2 Å². The summed E-state index contributed by atoms with van der Waals surface area (Å²) in [6.07, 6.45) is 6.23. The van der Waals surface area contributed by atoms with Crippen LogP contribution in [-0.4, -0.2) is 120 Å². The normalized spacial score (nSPS) is 19.9. The smallest absolute Gasteiger partial charge is 0.407 e. The van der Waals surface area contributed by atoms with Gasteiger partial charge in [0.05, 0.1) is 56.2 Å². The number of amides is 4. The van der Waals surface area contributed by atoms with Gasteiger partial charge in [0.1, 0.15) is 36.1 Å². The van der Waals surface area contributed by atoms with Gasteiger partial charge in [0.25, 0.3) is 0 Å². The number of rotatable bonds is 11. The summed E-state index contributed by atoms with van der Waals surface area (Å²) in [5, 5.41) is 7.46. The summed E-state index contributed by atoms with van der Waals surface area (Å²) in [6.45, 7) is 4.35. The van der Waals surface area contributed by atoms with Gasteiger partial charge in [-0.25, -0.2) is 19.6 Å². The monoisotopic (exact) mass is 874 g/mol. The second-order valence-electron chi connectivity index (χ2n) is 16.9. The number of aromatic nitrogens is 4. The molecule has 0 radical (unpaired) electrons. The first-order valence-corrected chi connectivity index (χ1v) is 22.0. The number of nitrogens with zero attached hydrogens (tertiary/aromatic N) is 4. The summed E-state index contributed by atoms with van der Waals surface area (Å²) in [5.74, 6) is 1.81. The van der Waals surface area contributed by atoms with Gasteiger partial charge < -0.3 is 54.1 Å². The van der Waals surface area contributed by atoms with Gasteiger partial charge in [-0.1, -0.05) is 30.3 Å². The van der Waals surface area contributed by atoms with Crippen LogP contribution in [-0.2, 0) is 35.1 Å². The molecule has 0 aliphatic carbocycles. The maximum absolute atomic E-state index is 14.1. The largest absolute Gasteiger partial charge is 0.488 e. The first-order chi connectivity index (χ1) is 31.1. The minimum absolute atomic E-state index is 0.0389. The Labute approximate surface area is 370 Å². The molecule has 64 heavy (non-hydrogen) atoms. The molecule has 5 atom stereocenters. The third-order valence-corrected chi connectivity index (χ3v) is 13.3. The van der Waals surface area contributed by atoms with E-state index in [1.165, 1.54) is 21.3 Å². The molecule has 6 heterocycles. The Bertz CT molecular complexity index is 2550. The van der Waals surface area contributed by atoms with Gasteiger partial charge in [-0.05, 0) is 91.6 Å². The molecular formula is C47H54N8O9. The van der Waals surface area contributed by atoms with E-state index in [1.54, 1.807) is 18.0 Å². The number of imidazole rings is 2. The molecule has 17 nitrogen and oxygen atoms in total. The van der Waals surface area contributed by atoms with Gasteiger partial charge in [0.2, 0.25) is 11.8 Å². The fraction of sp³-hybridized carbons (Fsp3) is 0.447. The third kappa shape index (κ3) is 8.25. The molecule has 4 aliphatic heterocycles. The van der Waals surface area contributed by atoms with Gasteiger partial charge in [-0.3, -0.25) is 9.59 Å². The van der Waals surface area contributed by atoms with E-state index in [0.717, 1.165) is 81.4 Å². The lowest BCUT2D eigenvalue weighted by atomic mass is 9.90. The highest BCUT2D eigenvalue weighted by molar-refractivity contribution is 5.98. The van der Waals surface area contributed by atoms with Crippen molar-refractivity contribution in [3.63, 3.8) is 0 Å². The van der Waals surface area contributed by atoms with Gasteiger partial charge in [-0.15, -0.1) is 0 Å². The quantitative estimate of drug-likeness (QED) is 0.114. The summed E-state index contributed by atoms with van der Waals surface area (Å²) in [4.78, 5) is 72.3. The van der Waals surface area contributed by atoms with Crippen LogP contribution in [0, 0.1) is 5.92 Å². The molecule has 0 bridgehead atoms. The molecule has 3 saturated heterocycles. The zero-order valence-corrected chi connectivity index (χ0v) is 36.5. The topological polar surface area (TPSA) is 202 Å². The fourth-order valence-electron chi connectivity index (χ4n) is 9.74. The van der Waals surface area contributed by atoms with Gasteiger partial charge >= 0.3 is 12.2 Å². The molecule has 17 heteroatoms. The number of carbonyl (C=O) groups is 4. The van der Waals surface area contributed by atoms with Crippen molar-refractivity contribution in [1.82, 2.24) is 40.4 Å². The summed E-state index contributed by atoms with van der Waals surface area (Å²) < 4.78 is 27.1. The lowest BCUT2D eigenvalue weighted by Gasteiger charge is -2.34. The highest BCUT2D eigenvalue weighted by atomic mass is 16.5. The molecule has 1 unspecified atom stereocenters. The van der Waals surface area contributed by atoms with Crippen molar-refractivity contribution in [3.05, 3.63) is 78.1 Å². The molecular weight excluding hydrogens is 821 g/mol. The molecule has 2 aromatic heterocycles. The Morgan fingerprint density at radius 1 is 0.750 bits per heavy atom. The molecule has 3 aromatic carbocycles. The average Bonchev–Trinajstić information content (AvgIpc) is 4.19. The van der Waals surface area contributed by atoms with Crippen LogP contribution < -0.4 is 15.4 Å². The summed E-state index contributed by atoms with van der Waals surface area (Å²) in [5.41, 5.74) is 6.74. The second kappa shape index (κ2) is 18.3. The SMILES string of the molecule is COC(=O)NC(C(=O)N1CCC[C@H]1c1ncc(-c2ccc3c4c(ccc3c2)-c2ccc(-c3cnc([C@@H]5CCCN5C(=O)[C@@H](NC(=O)OC)C5CCOCC5)[nH]3)cc2CO4)[nH]1)[C@@H](C)OC.